The van der Waals surface area contributed by atoms with Gasteiger partial charge in [-0.3, -0.25) is 19.1 Å². The quantitative estimate of drug-likeness (QED) is 0.600. The molecule has 0 spiro atoms. The molecule has 32 heavy (non-hydrogen) atoms. The summed E-state index contributed by atoms with van der Waals surface area (Å²) in [7, 11) is 0. The van der Waals surface area contributed by atoms with E-state index in [1.165, 1.54) is 16.7 Å². The highest BCUT2D eigenvalue weighted by Gasteiger charge is 2.31. The Hall–Kier alpha value is -3.24. The van der Waals surface area contributed by atoms with Crippen LogP contribution in [0.15, 0.2) is 33.9 Å². The first-order valence-electron chi connectivity index (χ1n) is 10.2. The smallest absolute Gasteiger partial charge is 0.406 e. The van der Waals surface area contributed by atoms with Crippen molar-refractivity contribution >= 4 is 17.4 Å². The molecule has 0 aliphatic rings. The average molecular weight is 456 g/mol. The van der Waals surface area contributed by atoms with Crippen LogP contribution in [0.1, 0.15) is 50.4 Å². The van der Waals surface area contributed by atoms with Gasteiger partial charge in [-0.25, -0.2) is 4.79 Å². The molecule has 0 fully saturated rings. The molecule has 0 aliphatic heterocycles. The van der Waals surface area contributed by atoms with Gasteiger partial charge < -0.3 is 15.4 Å². The zero-order chi connectivity index (χ0) is 24.1. The number of aromatic nitrogens is 2. The fraction of sp³-hybridized carbons (Fsp3) is 0.476. The highest BCUT2D eigenvalue weighted by molar-refractivity contribution is 6.07. The lowest BCUT2D eigenvalue weighted by atomic mass is 10.1. The zero-order valence-corrected chi connectivity index (χ0v) is 18.2. The van der Waals surface area contributed by atoms with Crippen LogP contribution >= 0.6 is 0 Å². The second kappa shape index (κ2) is 10.4. The van der Waals surface area contributed by atoms with Crippen LogP contribution in [-0.2, 0) is 6.54 Å². The van der Waals surface area contributed by atoms with Crippen molar-refractivity contribution in [2.24, 2.45) is 5.92 Å². The largest absolute Gasteiger partial charge is 0.573 e. The van der Waals surface area contributed by atoms with Gasteiger partial charge in [0.2, 0.25) is 0 Å². The van der Waals surface area contributed by atoms with Crippen molar-refractivity contribution in [1.29, 1.82) is 0 Å². The van der Waals surface area contributed by atoms with E-state index in [4.69, 9.17) is 5.73 Å². The van der Waals surface area contributed by atoms with Crippen molar-refractivity contribution in [2.75, 3.05) is 17.2 Å². The molecular formula is C21H27F3N4O4. The number of aromatic amines is 1. The molecule has 2 rings (SSSR count). The summed E-state index contributed by atoms with van der Waals surface area (Å²) in [5.41, 5.74) is 4.53. The lowest BCUT2D eigenvalue weighted by molar-refractivity contribution is -0.274. The number of hydrogen-bond acceptors (Lipinski definition) is 5. The Morgan fingerprint density at radius 2 is 1.84 bits per heavy atom. The number of hydrogen-bond donors (Lipinski definition) is 2. The van der Waals surface area contributed by atoms with Crippen molar-refractivity contribution in [1.82, 2.24) is 9.55 Å². The number of alkyl halides is 3. The third-order valence-electron chi connectivity index (χ3n) is 4.73. The molecule has 0 atom stereocenters. The average Bonchev–Trinajstić information content (AvgIpc) is 2.68. The first-order valence-corrected chi connectivity index (χ1v) is 10.2. The maximum atomic E-state index is 13.2. The van der Waals surface area contributed by atoms with Gasteiger partial charge in [-0.05, 0) is 43.0 Å². The van der Waals surface area contributed by atoms with E-state index in [2.05, 4.69) is 9.72 Å². The van der Waals surface area contributed by atoms with Gasteiger partial charge in [0.1, 0.15) is 11.6 Å². The number of nitrogens with two attached hydrogens (primary N) is 1. The van der Waals surface area contributed by atoms with Crippen molar-refractivity contribution in [3.63, 3.8) is 0 Å². The van der Waals surface area contributed by atoms with Crippen molar-refractivity contribution < 1.29 is 22.7 Å². The van der Waals surface area contributed by atoms with E-state index in [-0.39, 0.29) is 36.1 Å². The van der Waals surface area contributed by atoms with E-state index in [1.807, 2.05) is 20.8 Å². The fourth-order valence-corrected chi connectivity index (χ4v) is 3.03. The Morgan fingerprint density at radius 1 is 1.22 bits per heavy atom. The van der Waals surface area contributed by atoms with E-state index in [1.54, 1.807) is 0 Å². The Morgan fingerprint density at radius 3 is 2.38 bits per heavy atom. The third kappa shape index (κ3) is 6.38. The zero-order valence-electron chi connectivity index (χ0n) is 18.2. The molecule has 1 amide bonds. The van der Waals surface area contributed by atoms with Gasteiger partial charge in [-0.1, -0.05) is 27.2 Å². The van der Waals surface area contributed by atoms with Gasteiger partial charge in [0.15, 0.2) is 5.69 Å². The van der Waals surface area contributed by atoms with Crippen LogP contribution in [0, 0.1) is 5.92 Å². The Kier molecular flexibility index (Phi) is 8.12. The summed E-state index contributed by atoms with van der Waals surface area (Å²) in [4.78, 5) is 41.4. The van der Waals surface area contributed by atoms with Gasteiger partial charge in [0.05, 0.1) is 0 Å². The molecule has 0 unspecified atom stereocenters. The lowest BCUT2D eigenvalue weighted by Crippen LogP contribution is -2.42. The van der Waals surface area contributed by atoms with Gasteiger partial charge >= 0.3 is 12.1 Å². The Balaban J connectivity index is 2.50. The van der Waals surface area contributed by atoms with Crippen LogP contribution in [0.5, 0.6) is 5.75 Å². The number of rotatable bonds is 9. The molecule has 1 aromatic carbocycles. The second-order valence-corrected chi connectivity index (χ2v) is 7.71. The van der Waals surface area contributed by atoms with E-state index in [0.29, 0.717) is 12.8 Å². The highest BCUT2D eigenvalue weighted by Crippen LogP contribution is 2.25. The second-order valence-electron chi connectivity index (χ2n) is 7.71. The first-order chi connectivity index (χ1) is 14.9. The summed E-state index contributed by atoms with van der Waals surface area (Å²) in [5.74, 6) is -1.07. The molecule has 8 nitrogen and oxygen atoms in total. The highest BCUT2D eigenvalue weighted by atomic mass is 19.4. The van der Waals surface area contributed by atoms with Gasteiger partial charge in [-0.2, -0.15) is 0 Å². The molecule has 1 heterocycles. The van der Waals surface area contributed by atoms with E-state index < -0.39 is 29.3 Å². The van der Waals surface area contributed by atoms with E-state index in [9.17, 15) is 27.6 Å². The first kappa shape index (κ1) is 25.0. The third-order valence-corrected chi connectivity index (χ3v) is 4.73. The summed E-state index contributed by atoms with van der Waals surface area (Å²) < 4.78 is 42.2. The minimum absolute atomic E-state index is 0.0355. The maximum Gasteiger partial charge on any atom is 0.573 e. The van der Waals surface area contributed by atoms with Crippen molar-refractivity contribution in [3.05, 3.63) is 50.7 Å². The molecule has 0 aliphatic carbocycles. The maximum absolute atomic E-state index is 13.2. The predicted molar refractivity (Wildman–Crippen MR) is 115 cm³/mol. The number of anilines is 2. The van der Waals surface area contributed by atoms with Crippen LogP contribution in [0.25, 0.3) is 0 Å². The number of benzene rings is 1. The summed E-state index contributed by atoms with van der Waals surface area (Å²) in [6, 6.07) is 4.36. The Labute approximate surface area is 182 Å². The minimum atomic E-state index is -4.86. The van der Waals surface area contributed by atoms with Crippen molar-refractivity contribution in [3.8, 4) is 5.75 Å². The number of H-pyrrole nitrogens is 1. The molecule has 2 aromatic rings. The van der Waals surface area contributed by atoms with E-state index >= 15 is 0 Å². The molecule has 3 N–H and O–H groups in total. The fourth-order valence-electron chi connectivity index (χ4n) is 3.03. The molecule has 0 saturated carbocycles. The molecular weight excluding hydrogens is 429 g/mol. The summed E-state index contributed by atoms with van der Waals surface area (Å²) >= 11 is 0. The number of ether oxygens (including phenoxy) is 1. The molecule has 0 bridgehead atoms. The van der Waals surface area contributed by atoms with Crippen LogP contribution in [0.3, 0.4) is 0 Å². The predicted octanol–water partition coefficient (Wildman–Crippen LogP) is 3.51. The van der Waals surface area contributed by atoms with Gasteiger partial charge in [0, 0.05) is 18.7 Å². The number of nitrogens with zero attached hydrogens (tertiary/aromatic N) is 2. The summed E-state index contributed by atoms with van der Waals surface area (Å²) in [6.45, 7) is 6.18. The lowest BCUT2D eigenvalue weighted by Gasteiger charge is -2.25. The number of amides is 1. The molecule has 0 saturated heterocycles. The number of halogens is 3. The number of nitrogen functional groups attached to an aromatic ring is 1. The van der Waals surface area contributed by atoms with Crippen molar-refractivity contribution in [2.45, 2.75) is 52.9 Å². The summed E-state index contributed by atoms with van der Waals surface area (Å²) in [5, 5.41) is 0. The van der Waals surface area contributed by atoms with Crippen LogP contribution < -0.4 is 26.6 Å². The normalized spacial score (nSPS) is 11.6. The number of carbonyl (C=O) groups is 1. The van der Waals surface area contributed by atoms with E-state index in [0.717, 1.165) is 23.5 Å². The number of carbonyl (C=O) groups excluding carboxylic acids is 1. The topological polar surface area (TPSA) is 110 Å². The SMILES string of the molecule is CCCCn1c(N)c(N(CCC(C)C)C(=O)c2ccc(OC(F)(F)F)cc2)c(=O)[nH]c1=O. The number of nitrogens with one attached hydrogen (secondary N) is 1. The number of unbranched alkanes of at least 4 members (excludes halogenated alkanes) is 1. The Bertz CT molecular complexity index is 1040. The van der Waals surface area contributed by atoms with Crippen LogP contribution in [0.4, 0.5) is 24.7 Å². The monoisotopic (exact) mass is 456 g/mol. The molecule has 11 heteroatoms. The van der Waals surface area contributed by atoms with Gasteiger partial charge in [-0.15, -0.1) is 13.2 Å². The standard InChI is InChI=1S/C21H27F3N4O4/c1-4-5-11-28-17(25)16(18(29)26-20(28)31)27(12-10-13(2)3)19(30)14-6-8-15(9-7-14)32-21(22,23)24/h6-9,13H,4-5,10-12,25H2,1-3H3,(H,26,29,31). The van der Waals surface area contributed by atoms with Crippen LogP contribution in [0.2, 0.25) is 0 Å². The molecule has 0 radical (unpaired) electrons. The molecule has 176 valence electrons. The molecule has 1 aromatic heterocycles. The van der Waals surface area contributed by atoms with Gasteiger partial charge in [0.25, 0.3) is 11.5 Å². The summed E-state index contributed by atoms with van der Waals surface area (Å²) in [6.07, 6.45) is -2.92. The van der Waals surface area contributed by atoms with Crippen LogP contribution in [-0.4, -0.2) is 28.4 Å². The minimum Gasteiger partial charge on any atom is -0.406 e.